The Balaban J connectivity index is 1.99. The minimum Gasteiger partial charge on any atom is -0.459 e. The second-order valence-corrected chi connectivity index (χ2v) is 8.25. The van der Waals surface area contributed by atoms with E-state index in [9.17, 15) is 4.79 Å². The van der Waals surface area contributed by atoms with Crippen molar-refractivity contribution in [1.29, 1.82) is 0 Å². The van der Waals surface area contributed by atoms with Crippen LogP contribution in [0.3, 0.4) is 0 Å². The van der Waals surface area contributed by atoms with Gasteiger partial charge in [-0.05, 0) is 61.7 Å². The van der Waals surface area contributed by atoms with Crippen LogP contribution in [0.25, 0.3) is 0 Å². The van der Waals surface area contributed by atoms with E-state index in [4.69, 9.17) is 4.74 Å². The lowest BCUT2D eigenvalue weighted by molar-refractivity contribution is -0.171. The molecule has 108 valence electrons. The Morgan fingerprint density at radius 3 is 2.42 bits per heavy atom. The third-order valence-electron chi connectivity index (χ3n) is 7.15. The summed E-state index contributed by atoms with van der Waals surface area (Å²) in [6, 6.07) is 0. The van der Waals surface area contributed by atoms with Gasteiger partial charge in [-0.1, -0.05) is 20.8 Å². The van der Waals surface area contributed by atoms with Crippen LogP contribution in [0.15, 0.2) is 0 Å². The Morgan fingerprint density at radius 2 is 1.79 bits per heavy atom. The normalized spacial score (nSPS) is 50.9. The van der Waals surface area contributed by atoms with E-state index in [1.807, 2.05) is 0 Å². The minimum absolute atomic E-state index is 0.112. The standard InChI is InChI=1S/C17H28O2/c1-11-6-7-13-15(3,4)14-10-17(11,13)9-8-16(14,5)19-12(2)18/h11,13-14H,6-10H2,1-5H3/t11-,13+,14-,16+,17+/m0/s1. The summed E-state index contributed by atoms with van der Waals surface area (Å²) in [6.45, 7) is 11.0. The molecule has 0 aromatic rings. The molecule has 0 aromatic heterocycles. The van der Waals surface area contributed by atoms with Crippen molar-refractivity contribution in [3.63, 3.8) is 0 Å². The van der Waals surface area contributed by atoms with Crippen LogP contribution >= 0.6 is 0 Å². The van der Waals surface area contributed by atoms with Crippen LogP contribution in [0.5, 0.6) is 0 Å². The van der Waals surface area contributed by atoms with E-state index in [1.54, 1.807) is 6.92 Å². The van der Waals surface area contributed by atoms with Crippen molar-refractivity contribution in [2.24, 2.45) is 28.6 Å². The first-order valence-corrected chi connectivity index (χ1v) is 7.92. The van der Waals surface area contributed by atoms with E-state index in [0.717, 1.165) is 18.3 Å². The van der Waals surface area contributed by atoms with Gasteiger partial charge in [0.1, 0.15) is 5.60 Å². The zero-order valence-corrected chi connectivity index (χ0v) is 13.1. The van der Waals surface area contributed by atoms with Crippen molar-refractivity contribution in [1.82, 2.24) is 0 Å². The maximum Gasteiger partial charge on any atom is 0.303 e. The molecule has 3 saturated carbocycles. The monoisotopic (exact) mass is 264 g/mol. The number of carbonyl (C=O) groups excluding carboxylic acids is 1. The number of rotatable bonds is 1. The Kier molecular flexibility index (Phi) is 2.67. The predicted molar refractivity (Wildman–Crippen MR) is 75.6 cm³/mol. The van der Waals surface area contributed by atoms with Crippen LogP contribution in [0.2, 0.25) is 0 Å². The van der Waals surface area contributed by atoms with Crippen molar-refractivity contribution in [2.75, 3.05) is 0 Å². The Bertz CT molecular complexity index is 413. The molecule has 2 heteroatoms. The fraction of sp³-hybridized carbons (Fsp3) is 0.941. The highest BCUT2D eigenvalue weighted by Crippen LogP contribution is 2.73. The van der Waals surface area contributed by atoms with Gasteiger partial charge in [0, 0.05) is 12.8 Å². The van der Waals surface area contributed by atoms with E-state index in [1.165, 1.54) is 25.7 Å². The lowest BCUT2D eigenvalue weighted by atomic mass is 9.64. The molecule has 3 aliphatic rings. The molecule has 0 radical (unpaired) electrons. The molecular formula is C17H28O2. The second kappa shape index (κ2) is 3.77. The lowest BCUT2D eigenvalue weighted by Crippen LogP contribution is -2.47. The van der Waals surface area contributed by atoms with E-state index in [0.29, 0.717) is 16.7 Å². The molecule has 0 amide bonds. The Morgan fingerprint density at radius 1 is 1.11 bits per heavy atom. The molecule has 1 spiro atoms. The van der Waals surface area contributed by atoms with Crippen LogP contribution in [0.1, 0.15) is 66.7 Å². The summed E-state index contributed by atoms with van der Waals surface area (Å²) in [5.41, 5.74) is 0.629. The molecule has 2 bridgehead atoms. The first-order chi connectivity index (χ1) is 8.72. The SMILES string of the molecule is CC(=O)O[C@]1(C)CC[C@]23C[C@H]1C(C)(C)[C@H]2CC[C@@H]3C. The van der Waals surface area contributed by atoms with Crippen molar-refractivity contribution < 1.29 is 9.53 Å². The molecule has 0 unspecified atom stereocenters. The van der Waals surface area contributed by atoms with Crippen LogP contribution in [-0.2, 0) is 9.53 Å². The van der Waals surface area contributed by atoms with E-state index < -0.39 is 0 Å². The molecule has 3 aliphatic carbocycles. The Hall–Kier alpha value is -0.530. The average Bonchev–Trinajstić information content (AvgIpc) is 2.69. The maximum atomic E-state index is 11.5. The van der Waals surface area contributed by atoms with Gasteiger partial charge in [-0.15, -0.1) is 0 Å². The quantitative estimate of drug-likeness (QED) is 0.664. The summed E-state index contributed by atoms with van der Waals surface area (Å²) in [6.07, 6.45) is 6.35. The summed E-state index contributed by atoms with van der Waals surface area (Å²) in [5, 5.41) is 0. The topological polar surface area (TPSA) is 26.3 Å². The van der Waals surface area contributed by atoms with Gasteiger partial charge in [0.05, 0.1) is 0 Å². The zero-order chi connectivity index (χ0) is 14.1. The second-order valence-electron chi connectivity index (χ2n) is 8.25. The third-order valence-corrected chi connectivity index (χ3v) is 7.15. The van der Waals surface area contributed by atoms with Crippen molar-refractivity contribution >= 4 is 5.97 Å². The highest BCUT2D eigenvalue weighted by molar-refractivity contribution is 5.66. The Labute approximate surface area is 117 Å². The largest absolute Gasteiger partial charge is 0.459 e. The first-order valence-electron chi connectivity index (χ1n) is 7.92. The molecule has 0 heterocycles. The summed E-state index contributed by atoms with van der Waals surface area (Å²) in [5.74, 6) is 2.10. The van der Waals surface area contributed by atoms with Crippen molar-refractivity contribution in [3.8, 4) is 0 Å². The molecule has 3 fully saturated rings. The molecule has 0 N–H and O–H groups in total. The molecule has 5 atom stereocenters. The number of fused-ring (bicyclic) bond motifs is 1. The number of hydrogen-bond acceptors (Lipinski definition) is 2. The van der Waals surface area contributed by atoms with E-state index in [-0.39, 0.29) is 11.6 Å². The van der Waals surface area contributed by atoms with Gasteiger partial charge in [-0.25, -0.2) is 0 Å². The molecule has 0 aliphatic heterocycles. The third kappa shape index (κ3) is 1.58. The minimum atomic E-state index is -0.232. The lowest BCUT2D eigenvalue weighted by Gasteiger charge is -2.46. The van der Waals surface area contributed by atoms with Crippen LogP contribution in [0.4, 0.5) is 0 Å². The van der Waals surface area contributed by atoms with Crippen molar-refractivity contribution in [2.45, 2.75) is 72.3 Å². The highest BCUT2D eigenvalue weighted by Gasteiger charge is 2.68. The highest BCUT2D eigenvalue weighted by atomic mass is 16.6. The van der Waals surface area contributed by atoms with Gasteiger partial charge >= 0.3 is 5.97 Å². The van der Waals surface area contributed by atoms with E-state index in [2.05, 4.69) is 27.7 Å². The molecule has 0 saturated heterocycles. The summed E-state index contributed by atoms with van der Waals surface area (Å²) in [4.78, 5) is 11.5. The number of esters is 1. The maximum absolute atomic E-state index is 11.5. The zero-order valence-electron chi connectivity index (χ0n) is 13.1. The van der Waals surface area contributed by atoms with Gasteiger partial charge in [0.15, 0.2) is 0 Å². The van der Waals surface area contributed by atoms with Gasteiger partial charge in [-0.3, -0.25) is 4.79 Å². The fourth-order valence-electron chi connectivity index (χ4n) is 6.31. The number of hydrogen-bond donors (Lipinski definition) is 0. The molecular weight excluding hydrogens is 236 g/mol. The first kappa shape index (κ1) is 13.5. The van der Waals surface area contributed by atoms with Gasteiger partial charge < -0.3 is 4.74 Å². The van der Waals surface area contributed by atoms with Gasteiger partial charge in [-0.2, -0.15) is 0 Å². The summed E-state index contributed by atoms with van der Waals surface area (Å²) >= 11 is 0. The van der Waals surface area contributed by atoms with Crippen molar-refractivity contribution in [3.05, 3.63) is 0 Å². The van der Waals surface area contributed by atoms with Crippen LogP contribution in [0, 0.1) is 28.6 Å². The number of ether oxygens (including phenoxy) is 1. The molecule has 19 heavy (non-hydrogen) atoms. The molecule has 3 rings (SSSR count). The fourth-order valence-corrected chi connectivity index (χ4v) is 6.31. The van der Waals surface area contributed by atoms with Crippen LogP contribution < -0.4 is 0 Å². The van der Waals surface area contributed by atoms with Gasteiger partial charge in [0.25, 0.3) is 0 Å². The van der Waals surface area contributed by atoms with Crippen LogP contribution in [-0.4, -0.2) is 11.6 Å². The summed E-state index contributed by atoms with van der Waals surface area (Å²) < 4.78 is 5.80. The molecule has 2 nitrogen and oxygen atoms in total. The number of carbonyl (C=O) groups is 1. The smallest absolute Gasteiger partial charge is 0.303 e. The predicted octanol–water partition coefficient (Wildman–Crippen LogP) is 4.18. The average molecular weight is 264 g/mol. The summed E-state index contributed by atoms with van der Waals surface area (Å²) in [7, 11) is 0. The van der Waals surface area contributed by atoms with E-state index >= 15 is 0 Å². The molecule has 0 aromatic carbocycles. The van der Waals surface area contributed by atoms with Gasteiger partial charge in [0.2, 0.25) is 0 Å².